The molecule has 1 aromatic carbocycles. The van der Waals surface area contributed by atoms with E-state index in [0.29, 0.717) is 77.9 Å². The molecule has 38 heavy (non-hydrogen) atoms. The van der Waals surface area contributed by atoms with Gasteiger partial charge in [-0.15, -0.1) is 10.2 Å². The number of benzene rings is 1. The van der Waals surface area contributed by atoms with E-state index in [-0.39, 0.29) is 10.0 Å². The molecule has 0 spiro atoms. The molecule has 2 N–H and O–H groups in total. The first-order valence-corrected chi connectivity index (χ1v) is 14.2. The number of anilines is 1. The first kappa shape index (κ1) is 25.0. The molecule has 15 heteroatoms. The molecule has 4 heterocycles. The Morgan fingerprint density at radius 2 is 1.92 bits per heavy atom. The number of alkyl halides is 2. The SMILES string of the molecule is CC1(O)CCN(c2ncnc3c2c2ccc(S(=O)(=O)NC4(C#N)CC4)cc2n3-c2nnc(C(F)F)s2)CC1. The second-order valence-electron chi connectivity index (χ2n) is 9.92. The number of hydrogen-bond donors (Lipinski definition) is 2. The van der Waals surface area contributed by atoms with Crippen molar-refractivity contribution < 1.29 is 22.3 Å². The maximum atomic E-state index is 13.4. The number of sulfonamides is 1. The van der Waals surface area contributed by atoms with Crippen LogP contribution in [0.15, 0.2) is 29.4 Å². The van der Waals surface area contributed by atoms with Gasteiger partial charge in [0, 0.05) is 18.5 Å². The molecule has 0 atom stereocenters. The summed E-state index contributed by atoms with van der Waals surface area (Å²) in [5.74, 6) is 0.586. The molecular formula is C23H22F2N8O3S2. The lowest BCUT2D eigenvalue weighted by Gasteiger charge is -2.36. The third-order valence-electron chi connectivity index (χ3n) is 7.05. The van der Waals surface area contributed by atoms with E-state index in [0.717, 1.165) is 0 Å². The zero-order valence-electron chi connectivity index (χ0n) is 20.1. The number of nitrogens with zero attached hydrogens (tertiary/aromatic N) is 7. The predicted octanol–water partition coefficient (Wildman–Crippen LogP) is 3.05. The summed E-state index contributed by atoms with van der Waals surface area (Å²) in [6, 6.07) is 6.49. The fourth-order valence-corrected chi connectivity index (χ4v) is 6.79. The van der Waals surface area contributed by atoms with Crippen molar-refractivity contribution in [2.24, 2.45) is 0 Å². The number of hydrogen-bond acceptors (Lipinski definition) is 10. The van der Waals surface area contributed by atoms with Crippen LogP contribution in [-0.4, -0.2) is 62.5 Å². The van der Waals surface area contributed by atoms with Gasteiger partial charge in [-0.1, -0.05) is 17.4 Å². The van der Waals surface area contributed by atoms with Gasteiger partial charge in [-0.3, -0.25) is 4.57 Å². The molecule has 198 valence electrons. The van der Waals surface area contributed by atoms with Gasteiger partial charge < -0.3 is 10.0 Å². The summed E-state index contributed by atoms with van der Waals surface area (Å²) in [6.07, 6.45) is 0.446. The van der Waals surface area contributed by atoms with Crippen LogP contribution in [0.25, 0.3) is 27.1 Å². The zero-order valence-corrected chi connectivity index (χ0v) is 21.7. The van der Waals surface area contributed by atoms with Crippen molar-refractivity contribution in [1.82, 2.24) is 29.5 Å². The minimum Gasteiger partial charge on any atom is -0.390 e. The summed E-state index contributed by atoms with van der Waals surface area (Å²) in [5.41, 5.74) is -1.17. The van der Waals surface area contributed by atoms with Gasteiger partial charge in [0.05, 0.1) is 27.5 Å². The van der Waals surface area contributed by atoms with E-state index in [1.165, 1.54) is 23.0 Å². The normalized spacial score (nSPS) is 18.8. The quantitative estimate of drug-likeness (QED) is 0.363. The average Bonchev–Trinajstić information content (AvgIpc) is 3.32. The van der Waals surface area contributed by atoms with E-state index < -0.39 is 32.6 Å². The second kappa shape index (κ2) is 8.60. The Balaban J connectivity index is 1.56. The first-order valence-electron chi connectivity index (χ1n) is 11.9. The summed E-state index contributed by atoms with van der Waals surface area (Å²) >= 11 is 0.682. The van der Waals surface area contributed by atoms with Crippen LogP contribution in [0.5, 0.6) is 0 Å². The molecule has 1 saturated carbocycles. The zero-order chi connectivity index (χ0) is 26.9. The summed E-state index contributed by atoms with van der Waals surface area (Å²) in [6.45, 7) is 2.86. The predicted molar refractivity (Wildman–Crippen MR) is 135 cm³/mol. The molecule has 3 aromatic heterocycles. The molecule has 0 unspecified atom stereocenters. The Kier molecular flexibility index (Phi) is 5.65. The highest BCUT2D eigenvalue weighted by Gasteiger charge is 2.47. The van der Waals surface area contributed by atoms with E-state index in [1.54, 1.807) is 13.0 Å². The molecule has 1 aliphatic carbocycles. The standard InChI is InChI=1S/C23H22F2N8O3S2/c1-22(34)6-8-32(9-7-22)18-16-14-3-2-13(38(35,36)31-23(11-26)4-5-23)10-15(14)33(19(16)28-12-27-18)21-30-29-20(37-21)17(24)25/h2-3,10,12,17,31,34H,4-9H2,1H3. The van der Waals surface area contributed by atoms with Gasteiger partial charge in [-0.25, -0.2) is 27.2 Å². The van der Waals surface area contributed by atoms with Crippen molar-refractivity contribution in [3.63, 3.8) is 0 Å². The van der Waals surface area contributed by atoms with E-state index >= 15 is 0 Å². The third kappa shape index (κ3) is 4.17. The van der Waals surface area contributed by atoms with Gasteiger partial charge in [0.1, 0.15) is 17.7 Å². The van der Waals surface area contributed by atoms with Gasteiger partial charge >= 0.3 is 0 Å². The fourth-order valence-electron chi connectivity index (χ4n) is 4.68. The first-order chi connectivity index (χ1) is 18.0. The van der Waals surface area contributed by atoms with Gasteiger partial charge in [-0.2, -0.15) is 9.98 Å². The van der Waals surface area contributed by atoms with Crippen molar-refractivity contribution in [3.8, 4) is 11.2 Å². The van der Waals surface area contributed by atoms with Crippen molar-refractivity contribution in [3.05, 3.63) is 29.5 Å². The summed E-state index contributed by atoms with van der Waals surface area (Å²) in [4.78, 5) is 10.9. The maximum Gasteiger partial charge on any atom is 0.291 e. The smallest absolute Gasteiger partial charge is 0.291 e. The topological polar surface area (TPSA) is 150 Å². The molecule has 1 saturated heterocycles. The fraction of sp³-hybridized carbons (Fsp3) is 0.435. The Hall–Kier alpha value is -3.32. The molecule has 1 aliphatic heterocycles. The monoisotopic (exact) mass is 560 g/mol. The van der Waals surface area contributed by atoms with Crippen LogP contribution in [0, 0.1) is 11.3 Å². The van der Waals surface area contributed by atoms with Gasteiger partial charge in [0.2, 0.25) is 15.2 Å². The second-order valence-corrected chi connectivity index (χ2v) is 12.6. The lowest BCUT2D eigenvalue weighted by Crippen LogP contribution is -2.42. The van der Waals surface area contributed by atoms with E-state index in [2.05, 4.69) is 24.9 Å². The highest BCUT2D eigenvalue weighted by molar-refractivity contribution is 7.89. The lowest BCUT2D eigenvalue weighted by molar-refractivity contribution is 0.0350. The number of nitrogens with one attached hydrogen (secondary N) is 1. The average molecular weight is 561 g/mol. The summed E-state index contributed by atoms with van der Waals surface area (Å²) in [7, 11) is -4.06. The lowest BCUT2D eigenvalue weighted by atomic mass is 9.94. The number of piperidine rings is 1. The van der Waals surface area contributed by atoms with Crippen LogP contribution in [0.1, 0.15) is 44.0 Å². The van der Waals surface area contributed by atoms with Gasteiger partial charge in [-0.05, 0) is 44.7 Å². The number of aliphatic hydroxyl groups is 1. The van der Waals surface area contributed by atoms with Crippen LogP contribution < -0.4 is 9.62 Å². The molecule has 11 nitrogen and oxygen atoms in total. The Morgan fingerprint density at radius 3 is 2.55 bits per heavy atom. The van der Waals surface area contributed by atoms with Gasteiger partial charge in [0.25, 0.3) is 6.43 Å². The molecular weight excluding hydrogens is 538 g/mol. The Morgan fingerprint density at radius 1 is 1.18 bits per heavy atom. The minimum atomic E-state index is -4.06. The Bertz CT molecular complexity index is 1710. The number of halogens is 2. The van der Waals surface area contributed by atoms with Crippen molar-refractivity contribution >= 4 is 49.1 Å². The molecule has 0 amide bonds. The van der Waals surface area contributed by atoms with Crippen LogP contribution in [-0.2, 0) is 10.0 Å². The van der Waals surface area contributed by atoms with Crippen LogP contribution in [0.3, 0.4) is 0 Å². The van der Waals surface area contributed by atoms with Crippen molar-refractivity contribution in [2.75, 3.05) is 18.0 Å². The van der Waals surface area contributed by atoms with Crippen molar-refractivity contribution in [1.29, 1.82) is 5.26 Å². The van der Waals surface area contributed by atoms with Gasteiger partial charge in [0.15, 0.2) is 10.7 Å². The molecule has 4 aromatic rings. The number of rotatable bonds is 6. The Labute approximate surface area is 219 Å². The van der Waals surface area contributed by atoms with E-state index in [1.807, 2.05) is 11.0 Å². The molecule has 6 rings (SSSR count). The molecule has 0 radical (unpaired) electrons. The molecule has 2 aliphatic rings. The number of aromatic nitrogens is 5. The van der Waals surface area contributed by atoms with Crippen LogP contribution in [0.2, 0.25) is 0 Å². The number of nitriles is 1. The largest absolute Gasteiger partial charge is 0.390 e. The summed E-state index contributed by atoms with van der Waals surface area (Å²) < 4.78 is 57.1. The highest BCUT2D eigenvalue weighted by Crippen LogP contribution is 2.40. The molecule has 2 fully saturated rings. The highest BCUT2D eigenvalue weighted by atomic mass is 32.2. The number of fused-ring (bicyclic) bond motifs is 3. The minimum absolute atomic E-state index is 0.0855. The molecule has 0 bridgehead atoms. The summed E-state index contributed by atoms with van der Waals surface area (Å²) in [5, 5.41) is 28.2. The van der Waals surface area contributed by atoms with E-state index in [9.17, 15) is 27.6 Å². The third-order valence-corrected chi connectivity index (χ3v) is 9.50. The van der Waals surface area contributed by atoms with Crippen LogP contribution in [0.4, 0.5) is 14.6 Å². The van der Waals surface area contributed by atoms with Crippen LogP contribution >= 0.6 is 11.3 Å². The maximum absolute atomic E-state index is 13.4. The van der Waals surface area contributed by atoms with E-state index in [4.69, 9.17) is 0 Å². The van der Waals surface area contributed by atoms with Crippen molar-refractivity contribution in [2.45, 2.75) is 55.1 Å².